The van der Waals surface area contributed by atoms with Crippen molar-refractivity contribution in [2.45, 2.75) is 57.4 Å². The van der Waals surface area contributed by atoms with Crippen molar-refractivity contribution in [1.82, 2.24) is 15.2 Å². The number of likely N-dealkylation sites (N-methyl/N-ethyl adjacent to an activating group) is 1. The van der Waals surface area contributed by atoms with Crippen LogP contribution >= 0.6 is 11.6 Å². The van der Waals surface area contributed by atoms with Crippen molar-refractivity contribution in [3.8, 4) is 6.07 Å². The van der Waals surface area contributed by atoms with Crippen molar-refractivity contribution in [3.05, 3.63) is 64.4 Å². The number of benzene rings is 1. The van der Waals surface area contributed by atoms with Crippen molar-refractivity contribution in [2.75, 3.05) is 38.2 Å². The van der Waals surface area contributed by atoms with Gasteiger partial charge in [0.1, 0.15) is 6.07 Å². The molecule has 0 amide bonds. The second-order valence-electron chi connectivity index (χ2n) is 10.9. The number of likely N-dealkylation sites (tertiary alicyclic amines) is 1. The second kappa shape index (κ2) is 12.4. The van der Waals surface area contributed by atoms with E-state index in [1.165, 1.54) is 63.7 Å². The first-order valence-electron chi connectivity index (χ1n) is 14.2. The third-order valence-electron chi connectivity index (χ3n) is 8.53. The van der Waals surface area contributed by atoms with Gasteiger partial charge in [-0.05, 0) is 101 Å². The third-order valence-corrected chi connectivity index (χ3v) is 8.84. The minimum Gasteiger partial charge on any atom is -0.318 e. The van der Waals surface area contributed by atoms with Crippen LogP contribution in [-0.2, 0) is 6.42 Å². The number of aromatic nitrogens is 1. The monoisotopic (exact) mass is 530 g/mol. The molecule has 6 nitrogen and oxygen atoms in total. The summed E-state index contributed by atoms with van der Waals surface area (Å²) in [6, 6.07) is 12.4. The molecular formula is C31H39ClN6. The smallest absolute Gasteiger partial charge is 0.101 e. The zero-order chi connectivity index (χ0) is 26.5. The predicted octanol–water partition coefficient (Wildman–Crippen LogP) is 5.90. The van der Waals surface area contributed by atoms with Crippen LogP contribution in [0.3, 0.4) is 0 Å². The Morgan fingerprint density at radius 1 is 1.13 bits per heavy atom. The summed E-state index contributed by atoms with van der Waals surface area (Å²) in [7, 11) is 2.01. The molecule has 1 N–H and O–H groups in total. The number of hydrogen-bond donors (Lipinski definition) is 1. The van der Waals surface area contributed by atoms with Gasteiger partial charge < -0.3 is 10.2 Å². The Morgan fingerprint density at radius 2 is 1.92 bits per heavy atom. The van der Waals surface area contributed by atoms with Gasteiger partial charge in [-0.25, -0.2) is 0 Å². The average Bonchev–Trinajstić information content (AvgIpc) is 3.72. The van der Waals surface area contributed by atoms with Gasteiger partial charge >= 0.3 is 0 Å². The summed E-state index contributed by atoms with van der Waals surface area (Å²) in [5.74, 6) is 1.05. The van der Waals surface area contributed by atoms with E-state index in [9.17, 15) is 5.26 Å². The van der Waals surface area contributed by atoms with Gasteiger partial charge in [-0.3, -0.25) is 9.99 Å². The van der Waals surface area contributed by atoms with E-state index in [1.807, 2.05) is 25.2 Å². The van der Waals surface area contributed by atoms with E-state index in [4.69, 9.17) is 21.7 Å². The van der Waals surface area contributed by atoms with E-state index in [1.54, 1.807) is 12.1 Å². The third kappa shape index (κ3) is 5.66. The Labute approximate surface area is 232 Å². The Balaban J connectivity index is 0.000000278. The molecule has 1 saturated heterocycles. The number of fused-ring (bicyclic) bond motifs is 3. The molecule has 2 aliphatic heterocycles. The lowest BCUT2D eigenvalue weighted by molar-refractivity contribution is 0.340. The Kier molecular flexibility index (Phi) is 8.79. The van der Waals surface area contributed by atoms with Crippen LogP contribution in [0, 0.1) is 23.2 Å². The van der Waals surface area contributed by atoms with E-state index in [0.717, 1.165) is 42.2 Å². The highest BCUT2D eigenvalue weighted by molar-refractivity contribution is 6.32. The topological polar surface area (TPSA) is 67.5 Å². The van der Waals surface area contributed by atoms with Crippen LogP contribution in [-0.4, -0.2) is 54.9 Å². The summed E-state index contributed by atoms with van der Waals surface area (Å²) in [4.78, 5) is 7.29. The first-order chi connectivity index (χ1) is 18.6. The molecule has 1 saturated carbocycles. The fourth-order valence-electron chi connectivity index (χ4n) is 6.57. The van der Waals surface area contributed by atoms with Crippen molar-refractivity contribution in [1.29, 1.82) is 5.26 Å². The molecule has 0 bridgehead atoms. The van der Waals surface area contributed by atoms with Gasteiger partial charge in [0.05, 0.1) is 39.4 Å². The first-order valence-corrected chi connectivity index (χ1v) is 14.6. The zero-order valence-corrected chi connectivity index (χ0v) is 23.3. The molecule has 2 unspecified atom stereocenters. The fourth-order valence-corrected chi connectivity index (χ4v) is 6.79. The predicted molar refractivity (Wildman–Crippen MR) is 157 cm³/mol. The van der Waals surface area contributed by atoms with Gasteiger partial charge in [0.25, 0.3) is 0 Å². The normalized spacial score (nSPS) is 22.8. The highest BCUT2D eigenvalue weighted by Gasteiger charge is 2.45. The first kappa shape index (κ1) is 26.9. The molecule has 6 rings (SSSR count). The molecule has 2 aromatic rings. The van der Waals surface area contributed by atoms with Crippen molar-refractivity contribution in [2.24, 2.45) is 16.9 Å². The minimum absolute atomic E-state index is 0.351. The van der Waals surface area contributed by atoms with Crippen molar-refractivity contribution in [3.63, 3.8) is 0 Å². The van der Waals surface area contributed by atoms with E-state index in [-0.39, 0.29) is 0 Å². The highest BCUT2D eigenvalue weighted by Crippen LogP contribution is 2.44. The molecule has 0 spiro atoms. The summed E-state index contributed by atoms with van der Waals surface area (Å²) in [6.07, 6.45) is 11.8. The van der Waals surface area contributed by atoms with Gasteiger partial charge in [0.2, 0.25) is 0 Å². The van der Waals surface area contributed by atoms with E-state index in [0.29, 0.717) is 28.5 Å². The van der Waals surface area contributed by atoms with Crippen LogP contribution in [0.4, 0.5) is 5.69 Å². The number of hydrazone groups is 1. The SMILES string of the molecule is C=Cc1ccc2c(n1)CCC1C2=NN(c2ccc(C#N)c(Cl)c2)C1C1CCCC1.CNCCN1CCCC1. The molecule has 7 heteroatoms. The molecule has 1 aromatic heterocycles. The molecule has 4 aliphatic rings. The van der Waals surface area contributed by atoms with Gasteiger partial charge in [0, 0.05) is 24.6 Å². The van der Waals surface area contributed by atoms with Crippen LogP contribution in [0.15, 0.2) is 42.0 Å². The maximum Gasteiger partial charge on any atom is 0.101 e. The number of nitriles is 1. The summed E-state index contributed by atoms with van der Waals surface area (Å²) >= 11 is 6.37. The second-order valence-corrected chi connectivity index (χ2v) is 11.3. The molecule has 2 fully saturated rings. The highest BCUT2D eigenvalue weighted by atomic mass is 35.5. The number of anilines is 1. The quantitative estimate of drug-likeness (QED) is 0.504. The molecule has 38 heavy (non-hydrogen) atoms. The van der Waals surface area contributed by atoms with Gasteiger partial charge in [0.15, 0.2) is 0 Å². The molecular weight excluding hydrogens is 492 g/mol. The number of halogens is 1. The van der Waals surface area contributed by atoms with E-state index in [2.05, 4.69) is 33.9 Å². The Morgan fingerprint density at radius 3 is 2.61 bits per heavy atom. The summed E-state index contributed by atoms with van der Waals surface area (Å²) in [5, 5.41) is 20.2. The Hall–Kier alpha value is -2.72. The number of rotatable bonds is 6. The van der Waals surface area contributed by atoms with E-state index < -0.39 is 0 Å². The maximum absolute atomic E-state index is 9.23. The fraction of sp³-hybridized carbons (Fsp3) is 0.516. The summed E-state index contributed by atoms with van der Waals surface area (Å²) in [5.41, 5.74) is 5.86. The number of nitrogens with one attached hydrogen (secondary N) is 1. The molecule has 0 radical (unpaired) electrons. The lowest BCUT2D eigenvalue weighted by Crippen LogP contribution is -2.40. The largest absolute Gasteiger partial charge is 0.318 e. The summed E-state index contributed by atoms with van der Waals surface area (Å²) < 4.78 is 0. The number of nitrogens with zero attached hydrogens (tertiary/aromatic N) is 5. The van der Waals surface area contributed by atoms with Gasteiger partial charge in [-0.15, -0.1) is 0 Å². The lowest BCUT2D eigenvalue weighted by Gasteiger charge is -2.34. The standard InChI is InChI=1S/C24H23ClN4.C7H16N2/c1-2-17-8-10-19-22(27-17)12-11-20-23(19)28-29(24(20)15-5-3-4-6-15)18-9-7-16(14-26)21(25)13-18;1-8-4-7-9-5-2-3-6-9/h2,7-10,13,15,20,24H,1,3-6,11-12H2;8H,2-7H2,1H3. The van der Waals surface area contributed by atoms with Crippen LogP contribution in [0.25, 0.3) is 6.08 Å². The molecule has 3 heterocycles. The van der Waals surface area contributed by atoms with Crippen molar-refractivity contribution >= 4 is 29.1 Å². The number of hydrogen-bond acceptors (Lipinski definition) is 6. The minimum atomic E-state index is 0.351. The van der Waals surface area contributed by atoms with Crippen LogP contribution < -0.4 is 10.3 Å². The van der Waals surface area contributed by atoms with Crippen LogP contribution in [0.1, 0.15) is 67.5 Å². The summed E-state index contributed by atoms with van der Waals surface area (Å²) in [6.45, 7) is 8.86. The Bertz CT molecular complexity index is 1210. The van der Waals surface area contributed by atoms with Gasteiger partial charge in [-0.1, -0.05) is 31.0 Å². The lowest BCUT2D eigenvalue weighted by atomic mass is 9.76. The molecule has 2 atom stereocenters. The van der Waals surface area contributed by atoms with Crippen molar-refractivity contribution < 1.29 is 0 Å². The molecule has 2 aliphatic carbocycles. The number of aryl methyl sites for hydroxylation is 1. The maximum atomic E-state index is 9.23. The molecule has 200 valence electrons. The number of pyridine rings is 1. The van der Waals surface area contributed by atoms with Crippen LogP contribution in [0.2, 0.25) is 5.02 Å². The van der Waals surface area contributed by atoms with Gasteiger partial charge in [-0.2, -0.15) is 10.4 Å². The average molecular weight is 531 g/mol. The zero-order valence-electron chi connectivity index (χ0n) is 22.5. The van der Waals surface area contributed by atoms with E-state index >= 15 is 0 Å². The van der Waals surface area contributed by atoms with Crippen LogP contribution in [0.5, 0.6) is 0 Å². The molecule has 1 aromatic carbocycles.